The van der Waals surface area contributed by atoms with E-state index in [0.29, 0.717) is 40.8 Å². The number of hydrogen-bond acceptors (Lipinski definition) is 6. The van der Waals surface area contributed by atoms with Gasteiger partial charge in [-0.25, -0.2) is 0 Å². The monoisotopic (exact) mass is 458 g/mol. The fraction of sp³-hybridized carbons (Fsp3) is 0.222. The predicted molar refractivity (Wildman–Crippen MR) is 129 cm³/mol. The molecule has 1 unspecified atom stereocenters. The standard InChI is InChI=1S/C27H26N2O5/c1-17(2)16-34-21-11-9-18(10-12-21)25(30)23-24(19-6-5-13-28-15-19)29(27(32)26(23)31)20-7-4-8-22(14-20)33-3/h4-15,17,24,30H,16H2,1-3H3/b25-23+. The van der Waals surface area contributed by atoms with Gasteiger partial charge in [0.25, 0.3) is 11.7 Å². The smallest absolute Gasteiger partial charge is 0.300 e. The van der Waals surface area contributed by atoms with Crippen molar-refractivity contribution in [2.45, 2.75) is 19.9 Å². The number of carbonyl (C=O) groups is 2. The fourth-order valence-corrected chi connectivity index (χ4v) is 3.84. The molecule has 2 heterocycles. The molecule has 0 saturated carbocycles. The molecule has 1 fully saturated rings. The van der Waals surface area contributed by atoms with Crippen molar-refractivity contribution in [3.8, 4) is 11.5 Å². The van der Waals surface area contributed by atoms with Gasteiger partial charge in [-0.2, -0.15) is 0 Å². The molecule has 1 aliphatic heterocycles. The average molecular weight is 459 g/mol. The third-order valence-electron chi connectivity index (χ3n) is 5.49. The molecule has 1 aromatic heterocycles. The molecule has 1 saturated heterocycles. The van der Waals surface area contributed by atoms with Crippen molar-refractivity contribution in [3.63, 3.8) is 0 Å². The van der Waals surface area contributed by atoms with E-state index in [9.17, 15) is 14.7 Å². The van der Waals surface area contributed by atoms with Crippen LogP contribution in [0.3, 0.4) is 0 Å². The lowest BCUT2D eigenvalue weighted by atomic mass is 9.96. The molecule has 1 amide bonds. The van der Waals surface area contributed by atoms with Gasteiger partial charge in [-0.3, -0.25) is 19.5 Å². The van der Waals surface area contributed by atoms with Gasteiger partial charge in [-0.05, 0) is 53.9 Å². The second-order valence-corrected chi connectivity index (χ2v) is 8.39. The second kappa shape index (κ2) is 9.79. The molecular formula is C27H26N2O5. The summed E-state index contributed by atoms with van der Waals surface area (Å²) in [6.07, 6.45) is 3.19. The van der Waals surface area contributed by atoms with Gasteiger partial charge in [0, 0.05) is 29.7 Å². The fourth-order valence-electron chi connectivity index (χ4n) is 3.84. The minimum absolute atomic E-state index is 0.00308. The molecule has 0 aliphatic carbocycles. The van der Waals surface area contributed by atoms with Crippen LogP contribution < -0.4 is 14.4 Å². The topological polar surface area (TPSA) is 89.0 Å². The van der Waals surface area contributed by atoms with Crippen LogP contribution in [-0.2, 0) is 9.59 Å². The molecule has 174 valence electrons. The Labute approximate surface area is 198 Å². The molecule has 1 atom stereocenters. The zero-order valence-corrected chi connectivity index (χ0v) is 19.3. The van der Waals surface area contributed by atoms with Gasteiger partial charge in [-0.15, -0.1) is 0 Å². The normalized spacial score (nSPS) is 17.3. The van der Waals surface area contributed by atoms with Gasteiger partial charge in [0.05, 0.1) is 25.3 Å². The van der Waals surface area contributed by atoms with Crippen LogP contribution in [0.15, 0.2) is 78.6 Å². The number of hydrogen-bond donors (Lipinski definition) is 1. The lowest BCUT2D eigenvalue weighted by molar-refractivity contribution is -0.132. The Hall–Kier alpha value is -4.13. The number of aliphatic hydroxyl groups excluding tert-OH is 1. The average Bonchev–Trinajstić information content (AvgIpc) is 3.13. The molecule has 0 spiro atoms. The Bertz CT molecular complexity index is 1220. The van der Waals surface area contributed by atoms with Gasteiger partial charge in [0.2, 0.25) is 0 Å². The third kappa shape index (κ3) is 4.50. The zero-order valence-electron chi connectivity index (χ0n) is 19.3. The van der Waals surface area contributed by atoms with E-state index < -0.39 is 17.7 Å². The number of pyridine rings is 1. The zero-order chi connectivity index (χ0) is 24.2. The minimum Gasteiger partial charge on any atom is -0.507 e. The van der Waals surface area contributed by atoms with Gasteiger partial charge < -0.3 is 14.6 Å². The van der Waals surface area contributed by atoms with Crippen LogP contribution in [0.25, 0.3) is 5.76 Å². The number of amides is 1. The summed E-state index contributed by atoms with van der Waals surface area (Å²) in [6.45, 7) is 4.68. The molecule has 3 aromatic rings. The SMILES string of the molecule is COc1cccc(N2C(=O)C(=O)/C(=C(/O)c3ccc(OCC(C)C)cc3)C2c2cccnc2)c1. The molecule has 2 aromatic carbocycles. The highest BCUT2D eigenvalue weighted by Crippen LogP contribution is 2.42. The molecule has 0 bridgehead atoms. The molecular weight excluding hydrogens is 432 g/mol. The predicted octanol–water partition coefficient (Wildman–Crippen LogP) is 4.75. The van der Waals surface area contributed by atoms with Crippen molar-refractivity contribution in [1.82, 2.24) is 4.98 Å². The van der Waals surface area contributed by atoms with Gasteiger partial charge in [0.1, 0.15) is 17.3 Å². The Morgan fingerprint density at radius 2 is 1.82 bits per heavy atom. The summed E-state index contributed by atoms with van der Waals surface area (Å²) < 4.78 is 11.0. The third-order valence-corrected chi connectivity index (χ3v) is 5.49. The first-order valence-corrected chi connectivity index (χ1v) is 11.0. The van der Waals surface area contributed by atoms with Crippen molar-refractivity contribution in [2.24, 2.45) is 5.92 Å². The summed E-state index contributed by atoms with van der Waals surface area (Å²) in [5.41, 5.74) is 1.49. The molecule has 0 radical (unpaired) electrons. The number of aromatic nitrogens is 1. The minimum atomic E-state index is -0.849. The maximum Gasteiger partial charge on any atom is 0.300 e. The first-order chi connectivity index (χ1) is 16.4. The number of ketones is 1. The molecule has 1 aliphatic rings. The molecule has 1 N–H and O–H groups in total. The molecule has 34 heavy (non-hydrogen) atoms. The number of methoxy groups -OCH3 is 1. The number of nitrogens with zero attached hydrogens (tertiary/aromatic N) is 2. The Balaban J connectivity index is 1.80. The highest BCUT2D eigenvalue weighted by molar-refractivity contribution is 6.51. The molecule has 4 rings (SSSR count). The first kappa shape index (κ1) is 23.0. The Kier molecular flexibility index (Phi) is 6.63. The van der Waals surface area contributed by atoms with Crippen LogP contribution in [0, 0.1) is 5.92 Å². The van der Waals surface area contributed by atoms with Crippen molar-refractivity contribution in [3.05, 3.63) is 89.8 Å². The van der Waals surface area contributed by atoms with Crippen LogP contribution in [0.2, 0.25) is 0 Å². The maximum absolute atomic E-state index is 13.2. The van der Waals surface area contributed by atoms with Crippen molar-refractivity contribution < 1.29 is 24.2 Å². The van der Waals surface area contributed by atoms with E-state index >= 15 is 0 Å². The maximum atomic E-state index is 13.2. The van der Waals surface area contributed by atoms with E-state index in [4.69, 9.17) is 9.47 Å². The number of ether oxygens (including phenoxy) is 2. The van der Waals surface area contributed by atoms with Crippen LogP contribution in [0.4, 0.5) is 5.69 Å². The highest BCUT2D eigenvalue weighted by Gasteiger charge is 2.47. The summed E-state index contributed by atoms with van der Waals surface area (Å²) in [5, 5.41) is 11.2. The number of anilines is 1. The largest absolute Gasteiger partial charge is 0.507 e. The summed E-state index contributed by atoms with van der Waals surface area (Å²) in [5.74, 6) is -0.185. The van der Waals surface area contributed by atoms with Crippen LogP contribution in [0.1, 0.15) is 31.0 Å². The summed E-state index contributed by atoms with van der Waals surface area (Å²) in [7, 11) is 1.53. The summed E-state index contributed by atoms with van der Waals surface area (Å²) in [6, 6.07) is 16.3. The van der Waals surface area contributed by atoms with E-state index in [2.05, 4.69) is 18.8 Å². The number of carbonyl (C=O) groups excluding carboxylic acids is 2. The number of Topliss-reactive ketones (excluding diaryl/α,β-unsaturated/α-hetero) is 1. The van der Waals surface area contributed by atoms with Crippen LogP contribution in [0.5, 0.6) is 11.5 Å². The Morgan fingerprint density at radius 3 is 2.47 bits per heavy atom. The van der Waals surface area contributed by atoms with Crippen LogP contribution in [-0.4, -0.2) is 35.5 Å². The lowest BCUT2D eigenvalue weighted by Crippen LogP contribution is -2.29. The van der Waals surface area contributed by atoms with E-state index in [0.717, 1.165) is 0 Å². The van der Waals surface area contributed by atoms with Gasteiger partial charge >= 0.3 is 0 Å². The number of rotatable bonds is 7. The van der Waals surface area contributed by atoms with Crippen LogP contribution >= 0.6 is 0 Å². The second-order valence-electron chi connectivity index (χ2n) is 8.39. The number of benzene rings is 2. The summed E-state index contributed by atoms with van der Waals surface area (Å²) >= 11 is 0. The van der Waals surface area contributed by atoms with E-state index in [1.165, 1.54) is 12.0 Å². The molecule has 7 heteroatoms. The molecule has 7 nitrogen and oxygen atoms in total. The number of aliphatic hydroxyl groups is 1. The summed E-state index contributed by atoms with van der Waals surface area (Å²) in [4.78, 5) is 31.9. The first-order valence-electron chi connectivity index (χ1n) is 11.0. The van der Waals surface area contributed by atoms with Crippen molar-refractivity contribution in [2.75, 3.05) is 18.6 Å². The van der Waals surface area contributed by atoms with Gasteiger partial charge in [-0.1, -0.05) is 26.0 Å². The van der Waals surface area contributed by atoms with E-state index in [1.54, 1.807) is 73.1 Å². The quantitative estimate of drug-likeness (QED) is 0.312. The van der Waals surface area contributed by atoms with Crippen molar-refractivity contribution in [1.29, 1.82) is 0 Å². The van der Waals surface area contributed by atoms with Gasteiger partial charge in [0.15, 0.2) is 0 Å². The van der Waals surface area contributed by atoms with E-state index in [-0.39, 0.29) is 11.3 Å². The Morgan fingerprint density at radius 1 is 1.06 bits per heavy atom. The highest BCUT2D eigenvalue weighted by atomic mass is 16.5. The lowest BCUT2D eigenvalue weighted by Gasteiger charge is -2.25. The van der Waals surface area contributed by atoms with Crippen molar-refractivity contribution >= 4 is 23.1 Å². The van der Waals surface area contributed by atoms with E-state index in [1.807, 2.05) is 0 Å².